The molecule has 3 aromatic carbocycles. The Morgan fingerprint density at radius 1 is 1.07 bits per heavy atom. The summed E-state index contributed by atoms with van der Waals surface area (Å²) in [6.07, 6.45) is -4.44. The summed E-state index contributed by atoms with van der Waals surface area (Å²) in [6.45, 7) is 0. The van der Waals surface area contributed by atoms with Gasteiger partial charge < -0.3 is 10.1 Å². The maximum atomic E-state index is 12.9. The van der Waals surface area contributed by atoms with Crippen LogP contribution in [0.3, 0.4) is 0 Å². The number of benzene rings is 3. The van der Waals surface area contributed by atoms with Crippen LogP contribution in [0.4, 0.5) is 18.9 Å². The van der Waals surface area contributed by atoms with Gasteiger partial charge in [0.15, 0.2) is 0 Å². The first-order valence-corrected chi connectivity index (χ1v) is 9.46. The van der Waals surface area contributed by atoms with Gasteiger partial charge in [0.2, 0.25) is 0 Å². The number of alkyl halides is 3. The summed E-state index contributed by atoms with van der Waals surface area (Å²) < 4.78 is 43.8. The van der Waals surface area contributed by atoms with Crippen molar-refractivity contribution >= 4 is 23.4 Å². The highest BCUT2D eigenvalue weighted by Gasteiger charge is 2.30. The molecule has 0 aromatic heterocycles. The second kappa shape index (κ2) is 8.93. The number of carbonyl (C=O) groups is 1. The number of amides is 1. The van der Waals surface area contributed by atoms with Crippen LogP contribution < -0.4 is 10.1 Å². The number of halogens is 3. The monoisotopic (exact) mass is 428 g/mol. The van der Waals surface area contributed by atoms with Gasteiger partial charge in [-0.05, 0) is 54.6 Å². The average molecular weight is 428 g/mol. The van der Waals surface area contributed by atoms with E-state index in [1.165, 1.54) is 19.2 Å². The minimum atomic E-state index is -4.44. The predicted octanol–water partition coefficient (Wildman–Crippen LogP) is 5.99. The highest BCUT2D eigenvalue weighted by Crippen LogP contribution is 2.36. The van der Waals surface area contributed by atoms with Gasteiger partial charge in [-0.15, -0.1) is 0 Å². The fourth-order valence-electron chi connectivity index (χ4n) is 2.61. The Labute approximate surface area is 175 Å². The van der Waals surface area contributed by atoms with Gasteiger partial charge in [0, 0.05) is 21.0 Å². The highest BCUT2D eigenvalue weighted by atomic mass is 32.2. The largest absolute Gasteiger partial charge is 0.497 e. The molecule has 0 saturated carbocycles. The summed E-state index contributed by atoms with van der Waals surface area (Å²) in [6, 6.07) is 18.2. The minimum Gasteiger partial charge on any atom is -0.497 e. The molecule has 0 aliphatic carbocycles. The lowest BCUT2D eigenvalue weighted by Gasteiger charge is -2.11. The number of hydrogen-bond acceptors (Lipinski definition) is 4. The van der Waals surface area contributed by atoms with Crippen molar-refractivity contribution in [3.63, 3.8) is 0 Å². The van der Waals surface area contributed by atoms with E-state index in [9.17, 15) is 23.2 Å². The van der Waals surface area contributed by atoms with Gasteiger partial charge in [-0.1, -0.05) is 23.9 Å². The second-order valence-corrected chi connectivity index (χ2v) is 7.25. The topological polar surface area (TPSA) is 62.1 Å². The zero-order valence-electron chi connectivity index (χ0n) is 15.7. The van der Waals surface area contributed by atoms with Crippen molar-refractivity contribution in [2.24, 2.45) is 0 Å². The van der Waals surface area contributed by atoms with Crippen LogP contribution in [0.2, 0.25) is 0 Å². The summed E-state index contributed by atoms with van der Waals surface area (Å²) in [7, 11) is 1.50. The number of methoxy groups -OCH3 is 1. The van der Waals surface area contributed by atoms with Crippen molar-refractivity contribution in [2.45, 2.75) is 16.0 Å². The van der Waals surface area contributed by atoms with Gasteiger partial charge in [-0.3, -0.25) is 4.79 Å². The number of carbonyl (C=O) groups excluding carboxylic acids is 1. The van der Waals surface area contributed by atoms with Crippen LogP contribution in [-0.4, -0.2) is 13.0 Å². The van der Waals surface area contributed by atoms with Crippen LogP contribution in [0.5, 0.6) is 5.75 Å². The third kappa shape index (κ3) is 5.13. The van der Waals surface area contributed by atoms with Crippen LogP contribution in [0.1, 0.15) is 21.5 Å². The van der Waals surface area contributed by atoms with Gasteiger partial charge in [0.1, 0.15) is 11.8 Å². The average Bonchev–Trinajstić information content (AvgIpc) is 2.74. The molecule has 0 radical (unpaired) electrons. The highest BCUT2D eigenvalue weighted by molar-refractivity contribution is 7.99. The van der Waals surface area contributed by atoms with Gasteiger partial charge in [0.25, 0.3) is 5.91 Å². The Kier molecular flexibility index (Phi) is 6.33. The fraction of sp³-hybridized carbons (Fsp3) is 0.0909. The minimum absolute atomic E-state index is 0.237. The van der Waals surface area contributed by atoms with Gasteiger partial charge in [-0.25, -0.2) is 0 Å². The molecule has 4 nitrogen and oxygen atoms in total. The quantitative estimate of drug-likeness (QED) is 0.542. The zero-order chi connectivity index (χ0) is 21.7. The summed E-state index contributed by atoms with van der Waals surface area (Å²) >= 11 is 1.05. The van der Waals surface area contributed by atoms with Crippen LogP contribution in [-0.2, 0) is 6.18 Å². The lowest BCUT2D eigenvalue weighted by Crippen LogP contribution is -2.12. The Morgan fingerprint density at radius 2 is 1.83 bits per heavy atom. The van der Waals surface area contributed by atoms with E-state index < -0.39 is 11.7 Å². The van der Waals surface area contributed by atoms with E-state index in [0.29, 0.717) is 26.8 Å². The van der Waals surface area contributed by atoms with Crippen LogP contribution in [0, 0.1) is 11.3 Å². The molecule has 0 atom stereocenters. The van der Waals surface area contributed by atoms with Crippen molar-refractivity contribution < 1.29 is 22.7 Å². The Balaban J connectivity index is 1.80. The van der Waals surface area contributed by atoms with E-state index in [2.05, 4.69) is 5.32 Å². The lowest BCUT2D eigenvalue weighted by atomic mass is 10.1. The maximum Gasteiger partial charge on any atom is 0.416 e. The summed E-state index contributed by atoms with van der Waals surface area (Å²) in [5.41, 5.74) is 0.261. The standard InChI is InChI=1S/C22H15F3N2O2S/c1-29-18-6-2-4-14(11-18)21(28)27-17-8-9-20(15(10-17)13-26)30-19-7-3-5-16(12-19)22(23,24)25/h2-12H,1H3,(H,27,28). The normalized spacial score (nSPS) is 10.9. The first-order valence-electron chi connectivity index (χ1n) is 8.65. The van der Waals surface area contributed by atoms with Crippen molar-refractivity contribution in [1.82, 2.24) is 0 Å². The first kappa shape index (κ1) is 21.3. The SMILES string of the molecule is COc1cccc(C(=O)Nc2ccc(Sc3cccc(C(F)(F)F)c3)c(C#N)c2)c1. The molecule has 0 aliphatic heterocycles. The Hall–Kier alpha value is -3.44. The molecule has 152 valence electrons. The molecule has 0 unspecified atom stereocenters. The van der Waals surface area contributed by atoms with E-state index in [-0.39, 0.29) is 11.5 Å². The molecule has 8 heteroatoms. The molecule has 0 bridgehead atoms. The molecular formula is C22H15F3N2O2S. The van der Waals surface area contributed by atoms with Crippen molar-refractivity contribution in [2.75, 3.05) is 12.4 Å². The van der Waals surface area contributed by atoms with Gasteiger partial charge in [0.05, 0.1) is 18.2 Å². The summed E-state index contributed by atoms with van der Waals surface area (Å²) in [5, 5.41) is 12.2. The van der Waals surface area contributed by atoms with E-state index in [1.807, 2.05) is 6.07 Å². The summed E-state index contributed by atoms with van der Waals surface area (Å²) in [4.78, 5) is 13.3. The smallest absolute Gasteiger partial charge is 0.416 e. The maximum absolute atomic E-state index is 12.9. The van der Waals surface area contributed by atoms with E-state index in [4.69, 9.17) is 4.74 Å². The van der Waals surface area contributed by atoms with Crippen LogP contribution in [0.25, 0.3) is 0 Å². The Morgan fingerprint density at radius 3 is 2.53 bits per heavy atom. The van der Waals surface area contributed by atoms with E-state index in [1.54, 1.807) is 42.5 Å². The molecule has 0 saturated heterocycles. The summed E-state index contributed by atoms with van der Waals surface area (Å²) in [5.74, 6) is 0.157. The van der Waals surface area contributed by atoms with Gasteiger partial charge in [-0.2, -0.15) is 18.4 Å². The van der Waals surface area contributed by atoms with Crippen molar-refractivity contribution in [1.29, 1.82) is 5.26 Å². The number of nitrogens with zero attached hydrogens (tertiary/aromatic N) is 1. The lowest BCUT2D eigenvalue weighted by molar-refractivity contribution is -0.137. The Bertz CT molecular complexity index is 1120. The van der Waals surface area contributed by atoms with Crippen LogP contribution >= 0.6 is 11.8 Å². The fourth-order valence-corrected chi connectivity index (χ4v) is 3.55. The predicted molar refractivity (Wildman–Crippen MR) is 108 cm³/mol. The zero-order valence-corrected chi connectivity index (χ0v) is 16.5. The molecule has 1 N–H and O–H groups in total. The number of ether oxygens (including phenoxy) is 1. The second-order valence-electron chi connectivity index (χ2n) is 6.14. The molecule has 0 aliphatic rings. The molecular weight excluding hydrogens is 413 g/mol. The molecule has 0 heterocycles. The molecule has 30 heavy (non-hydrogen) atoms. The molecule has 0 fully saturated rings. The number of nitrogens with one attached hydrogen (secondary N) is 1. The van der Waals surface area contributed by atoms with Crippen molar-refractivity contribution in [3.05, 3.63) is 83.4 Å². The molecule has 0 spiro atoms. The van der Waals surface area contributed by atoms with E-state index >= 15 is 0 Å². The molecule has 3 aromatic rings. The van der Waals surface area contributed by atoms with E-state index in [0.717, 1.165) is 23.9 Å². The third-order valence-corrected chi connectivity index (χ3v) is 5.14. The van der Waals surface area contributed by atoms with Crippen LogP contribution in [0.15, 0.2) is 76.5 Å². The van der Waals surface area contributed by atoms with Gasteiger partial charge >= 0.3 is 6.18 Å². The number of rotatable bonds is 5. The number of nitriles is 1. The number of hydrogen-bond donors (Lipinski definition) is 1. The third-order valence-electron chi connectivity index (χ3n) is 4.08. The first-order chi connectivity index (χ1) is 14.3. The number of anilines is 1. The molecule has 1 amide bonds. The van der Waals surface area contributed by atoms with Crippen molar-refractivity contribution in [3.8, 4) is 11.8 Å². The molecule has 3 rings (SSSR count).